The van der Waals surface area contributed by atoms with Gasteiger partial charge in [-0.25, -0.2) is 0 Å². The number of nitrogens with zero attached hydrogens (tertiary/aromatic N) is 1. The van der Waals surface area contributed by atoms with E-state index in [0.717, 1.165) is 19.3 Å². The molecule has 5 aliphatic rings. The molecule has 1 unspecified atom stereocenters. The molecular weight excluding hydrogens is 302 g/mol. The molecule has 3 saturated carbocycles. The van der Waals surface area contributed by atoms with Crippen LogP contribution in [-0.2, 0) is 4.74 Å². The van der Waals surface area contributed by atoms with Gasteiger partial charge in [0.15, 0.2) is 0 Å². The first-order valence-electron chi connectivity index (χ1n) is 10.7. The summed E-state index contributed by atoms with van der Waals surface area (Å²) in [7, 11) is 0. The third kappa shape index (κ3) is 1.48. The quantitative estimate of drug-likeness (QED) is 0.666. The lowest BCUT2D eigenvalue weighted by Crippen LogP contribution is -2.57. The van der Waals surface area contributed by atoms with Crippen molar-refractivity contribution >= 4 is 0 Å². The molecule has 2 N–H and O–H groups in total. The summed E-state index contributed by atoms with van der Waals surface area (Å²) < 4.78 is 31.1. The lowest BCUT2D eigenvalue weighted by molar-refractivity contribution is -0.116. The first kappa shape index (κ1) is 12.3. The molecule has 4 heteroatoms. The molecule has 1 aliphatic heterocycles. The van der Waals surface area contributed by atoms with Gasteiger partial charge in [-0.3, -0.25) is 0 Å². The Kier molecular flexibility index (Phi) is 2.24. The van der Waals surface area contributed by atoms with Crippen LogP contribution in [0.15, 0.2) is 11.3 Å². The number of nitriles is 1. The van der Waals surface area contributed by atoms with Gasteiger partial charge in [-0.1, -0.05) is 13.8 Å². The number of fused-ring (bicyclic) bond motifs is 4. The third-order valence-electron chi connectivity index (χ3n) is 8.42. The minimum Gasteiger partial charge on any atom is -0.508 e. The maximum absolute atomic E-state index is 10.8. The summed E-state index contributed by atoms with van der Waals surface area (Å²) in [6, 6.07) is 2.16. The highest BCUT2D eigenvalue weighted by atomic mass is 16.6. The number of aliphatic hydroxyl groups excluding tert-OH is 1. The number of ether oxygens (including phenoxy) is 1. The van der Waals surface area contributed by atoms with Crippen LogP contribution in [0, 0.1) is 39.9 Å². The fourth-order valence-corrected chi connectivity index (χ4v) is 6.93. The van der Waals surface area contributed by atoms with Crippen molar-refractivity contribution in [2.24, 2.45) is 28.6 Å². The van der Waals surface area contributed by atoms with Gasteiger partial charge in [0.05, 0.1) is 19.1 Å². The van der Waals surface area contributed by atoms with E-state index >= 15 is 0 Å². The SMILES string of the molecule is [2H]C1([2H])C[C@H]2[C@@H]3CC[C@@]45O[C@@H]4C(O)=C(C#N)C[C@]5(C)[C@H]3CC[C@]2(C)C1([2H])O. The molecular formula is C20H27NO3. The van der Waals surface area contributed by atoms with E-state index in [1.165, 1.54) is 0 Å². The zero-order valence-electron chi connectivity index (χ0n) is 17.3. The van der Waals surface area contributed by atoms with Crippen LogP contribution in [0.2, 0.25) is 0 Å². The largest absolute Gasteiger partial charge is 0.508 e. The van der Waals surface area contributed by atoms with Crippen molar-refractivity contribution in [1.82, 2.24) is 0 Å². The van der Waals surface area contributed by atoms with Crippen LogP contribution < -0.4 is 0 Å². The van der Waals surface area contributed by atoms with E-state index in [4.69, 9.17) is 8.85 Å². The number of epoxide rings is 1. The van der Waals surface area contributed by atoms with Crippen molar-refractivity contribution in [3.05, 3.63) is 11.3 Å². The van der Waals surface area contributed by atoms with Crippen LogP contribution in [0.25, 0.3) is 0 Å². The molecule has 130 valence electrons. The molecule has 1 heterocycles. The Balaban J connectivity index is 1.56. The van der Waals surface area contributed by atoms with Gasteiger partial charge in [0.2, 0.25) is 0 Å². The second kappa shape index (κ2) is 4.37. The van der Waals surface area contributed by atoms with Crippen molar-refractivity contribution in [2.45, 2.75) is 76.5 Å². The van der Waals surface area contributed by atoms with Crippen molar-refractivity contribution in [3.63, 3.8) is 0 Å². The van der Waals surface area contributed by atoms with Crippen LogP contribution in [-0.4, -0.2) is 28.0 Å². The second-order valence-electron chi connectivity index (χ2n) is 9.06. The van der Waals surface area contributed by atoms with Gasteiger partial charge < -0.3 is 14.9 Å². The minimum atomic E-state index is -2.08. The summed E-state index contributed by atoms with van der Waals surface area (Å²) >= 11 is 0. The van der Waals surface area contributed by atoms with Crippen molar-refractivity contribution in [2.75, 3.05) is 0 Å². The van der Waals surface area contributed by atoms with Gasteiger partial charge in [0.25, 0.3) is 0 Å². The van der Waals surface area contributed by atoms with E-state index in [2.05, 4.69) is 13.0 Å². The molecule has 0 bridgehead atoms. The number of hydrogen-bond donors (Lipinski definition) is 2. The van der Waals surface area contributed by atoms with Gasteiger partial charge in [-0.05, 0) is 68.1 Å². The topological polar surface area (TPSA) is 76.8 Å². The number of aliphatic hydroxyl groups is 2. The first-order valence-corrected chi connectivity index (χ1v) is 9.17. The average Bonchev–Trinajstić information content (AvgIpc) is 3.31. The van der Waals surface area contributed by atoms with Gasteiger partial charge in [-0.2, -0.15) is 5.26 Å². The number of hydrogen-bond acceptors (Lipinski definition) is 4. The maximum atomic E-state index is 10.8. The Morgan fingerprint density at radius 1 is 1.29 bits per heavy atom. The Labute approximate surface area is 147 Å². The van der Waals surface area contributed by atoms with Crippen LogP contribution in [0.1, 0.15) is 62.9 Å². The Bertz CT molecular complexity index is 805. The van der Waals surface area contributed by atoms with Crippen LogP contribution >= 0.6 is 0 Å². The molecule has 1 spiro atoms. The molecule has 0 aromatic carbocycles. The molecule has 5 rings (SSSR count). The van der Waals surface area contributed by atoms with Gasteiger partial charge in [-0.15, -0.1) is 0 Å². The number of rotatable bonds is 0. The van der Waals surface area contributed by atoms with E-state index < -0.39 is 23.5 Å². The highest BCUT2D eigenvalue weighted by Gasteiger charge is 2.76. The average molecular weight is 332 g/mol. The first-order chi connectivity index (χ1) is 12.5. The predicted molar refractivity (Wildman–Crippen MR) is 87.9 cm³/mol. The molecule has 1 saturated heterocycles. The minimum absolute atomic E-state index is 0.0508. The molecule has 4 fully saturated rings. The van der Waals surface area contributed by atoms with Gasteiger partial charge >= 0.3 is 0 Å². The summed E-state index contributed by atoms with van der Waals surface area (Å²) in [5, 5.41) is 30.7. The monoisotopic (exact) mass is 332 g/mol. The molecule has 4 nitrogen and oxygen atoms in total. The van der Waals surface area contributed by atoms with E-state index in [1.807, 2.05) is 6.92 Å². The number of allylic oxidation sites excluding steroid dienone is 1. The Morgan fingerprint density at radius 2 is 2.08 bits per heavy atom. The molecule has 8 atom stereocenters. The Hall–Kier alpha value is -1.05. The van der Waals surface area contributed by atoms with E-state index in [1.54, 1.807) is 0 Å². The van der Waals surface area contributed by atoms with Crippen LogP contribution in [0.3, 0.4) is 0 Å². The molecule has 24 heavy (non-hydrogen) atoms. The lowest BCUT2D eigenvalue weighted by Gasteiger charge is -2.58. The second-order valence-corrected chi connectivity index (χ2v) is 9.06. The summed E-state index contributed by atoms with van der Waals surface area (Å²) in [4.78, 5) is 0. The fraction of sp³-hybridized carbons (Fsp3) is 0.850. The highest BCUT2D eigenvalue weighted by Crippen LogP contribution is 2.73. The summed E-state index contributed by atoms with van der Waals surface area (Å²) in [6.45, 7) is 4.06. The van der Waals surface area contributed by atoms with Gasteiger partial charge in [0.1, 0.15) is 17.5 Å². The normalized spacial score (nSPS) is 65.2. The molecule has 0 amide bonds. The zero-order chi connectivity index (χ0) is 19.6. The molecule has 4 aliphatic carbocycles. The fourth-order valence-electron chi connectivity index (χ4n) is 6.93. The van der Waals surface area contributed by atoms with Crippen molar-refractivity contribution in [1.29, 1.82) is 5.26 Å². The van der Waals surface area contributed by atoms with Gasteiger partial charge in [0, 0.05) is 8.16 Å². The third-order valence-corrected chi connectivity index (χ3v) is 8.42. The standard InChI is InChI=1S/C20H27NO3/c1-18-7-6-14-12(13(18)3-4-15(18)22)5-8-20-17(24-20)16(23)11(10-21)9-19(14,20)2/h12-15,17,22-23H,3-9H2,1-2H3/t12-,13-,14-,15?,17+,18-,19+,20+/m0/s1/i4D2,15D. The van der Waals surface area contributed by atoms with Crippen molar-refractivity contribution < 1.29 is 19.1 Å². The molecule has 0 aromatic heterocycles. The van der Waals surface area contributed by atoms with E-state index in [0.29, 0.717) is 18.4 Å². The van der Waals surface area contributed by atoms with Crippen LogP contribution in [0.5, 0.6) is 0 Å². The predicted octanol–water partition coefficient (Wildman–Crippen LogP) is 3.47. The summed E-state index contributed by atoms with van der Waals surface area (Å²) in [5.41, 5.74) is -1.01. The molecule has 0 radical (unpaired) electrons. The summed E-state index contributed by atoms with van der Waals surface area (Å²) in [5.74, 6) is 0.506. The van der Waals surface area contributed by atoms with Crippen molar-refractivity contribution in [3.8, 4) is 6.07 Å². The zero-order valence-corrected chi connectivity index (χ0v) is 14.3. The summed E-state index contributed by atoms with van der Waals surface area (Å²) in [6.07, 6.45) is -0.620. The lowest BCUT2D eigenvalue weighted by atomic mass is 9.45. The van der Waals surface area contributed by atoms with E-state index in [-0.39, 0.29) is 41.5 Å². The van der Waals surface area contributed by atoms with Crippen LogP contribution in [0.4, 0.5) is 0 Å². The Morgan fingerprint density at radius 3 is 2.83 bits per heavy atom. The molecule has 0 aromatic rings. The maximum Gasteiger partial charge on any atom is 0.146 e. The van der Waals surface area contributed by atoms with E-state index in [9.17, 15) is 15.5 Å². The smallest absolute Gasteiger partial charge is 0.146 e. The highest BCUT2D eigenvalue weighted by molar-refractivity contribution is 5.41.